The largest absolute Gasteiger partial charge is 0.263 e. The van der Waals surface area contributed by atoms with Crippen molar-refractivity contribution in [2.45, 2.75) is 0 Å². The van der Waals surface area contributed by atoms with Crippen LogP contribution in [-0.2, 0) is 10.0 Å². The van der Waals surface area contributed by atoms with Crippen LogP contribution in [0.3, 0.4) is 0 Å². The van der Waals surface area contributed by atoms with Gasteiger partial charge in [0.25, 0.3) is 10.0 Å². The summed E-state index contributed by atoms with van der Waals surface area (Å²) in [5, 5.41) is 8.90. The van der Waals surface area contributed by atoms with E-state index in [-0.39, 0.29) is 17.3 Å². The second-order valence-electron chi connectivity index (χ2n) is 3.79. The lowest BCUT2D eigenvalue weighted by molar-refractivity contribution is 0.377. The van der Waals surface area contributed by atoms with Crippen molar-refractivity contribution < 1.29 is 30.4 Å². The van der Waals surface area contributed by atoms with Gasteiger partial charge in [0.05, 0.1) is 17.2 Å². The minimum Gasteiger partial charge on any atom is -0.263 e. The number of anilines is 1. The highest BCUT2D eigenvalue weighted by atomic mass is 32.2. The second-order valence-corrected chi connectivity index (χ2v) is 5.36. The fourth-order valence-electron chi connectivity index (χ4n) is 1.36. The van der Waals surface area contributed by atoms with E-state index >= 15 is 0 Å². The molecule has 6 nitrogen and oxygen atoms in total. The molecular formula is C10H5F5N4O2S. The Morgan fingerprint density at radius 2 is 1.55 bits per heavy atom. The standard InChI is InChI=1S/C10H5F5N4O2S/c11-6-4(7(12)9(14)10(15)8(6)13)1-2-22(20,21)18-5-3-16-19-17-5/h1-3H,(H2,16,17,18,19)/b2-1+. The maximum absolute atomic E-state index is 13.3. The summed E-state index contributed by atoms with van der Waals surface area (Å²) in [4.78, 5) is 0. The predicted molar refractivity (Wildman–Crippen MR) is 64.2 cm³/mol. The molecule has 0 radical (unpaired) electrons. The number of aromatic amines is 1. The van der Waals surface area contributed by atoms with Crippen LogP contribution in [0, 0.1) is 29.1 Å². The number of benzene rings is 1. The molecule has 1 heterocycles. The third kappa shape index (κ3) is 3.05. The fraction of sp³-hybridized carbons (Fsp3) is 0. The first-order chi connectivity index (χ1) is 10.2. The minimum absolute atomic E-state index is 0.222. The second kappa shape index (κ2) is 5.71. The van der Waals surface area contributed by atoms with Crippen molar-refractivity contribution in [2.75, 3.05) is 4.72 Å². The van der Waals surface area contributed by atoms with Crippen molar-refractivity contribution in [3.8, 4) is 0 Å². The Balaban J connectivity index is 2.38. The molecule has 118 valence electrons. The van der Waals surface area contributed by atoms with Gasteiger partial charge in [-0.15, -0.1) is 5.10 Å². The molecule has 0 unspecified atom stereocenters. The third-order valence-corrected chi connectivity index (χ3v) is 3.31. The zero-order valence-corrected chi connectivity index (χ0v) is 11.1. The van der Waals surface area contributed by atoms with Gasteiger partial charge in [-0.3, -0.25) is 9.82 Å². The minimum atomic E-state index is -4.30. The van der Waals surface area contributed by atoms with Gasteiger partial charge >= 0.3 is 0 Å². The molecular weight excluding hydrogens is 335 g/mol. The molecule has 0 atom stereocenters. The molecule has 12 heteroatoms. The average Bonchev–Trinajstić information content (AvgIpc) is 2.95. The van der Waals surface area contributed by atoms with Gasteiger partial charge in [0.1, 0.15) is 0 Å². The fourth-order valence-corrected chi connectivity index (χ4v) is 2.13. The van der Waals surface area contributed by atoms with E-state index in [9.17, 15) is 30.4 Å². The van der Waals surface area contributed by atoms with Crippen LogP contribution in [0.25, 0.3) is 6.08 Å². The smallest absolute Gasteiger partial charge is 0.256 e. The van der Waals surface area contributed by atoms with Crippen molar-refractivity contribution in [2.24, 2.45) is 0 Å². The molecule has 0 fully saturated rings. The van der Waals surface area contributed by atoms with E-state index in [0.29, 0.717) is 0 Å². The maximum atomic E-state index is 13.3. The highest BCUT2D eigenvalue weighted by Gasteiger charge is 2.24. The molecule has 22 heavy (non-hydrogen) atoms. The van der Waals surface area contributed by atoms with Crippen molar-refractivity contribution >= 4 is 21.9 Å². The summed E-state index contributed by atoms with van der Waals surface area (Å²) in [5.41, 5.74) is -1.39. The number of hydrogen-bond donors (Lipinski definition) is 2. The van der Waals surface area contributed by atoms with Crippen LogP contribution >= 0.6 is 0 Å². The van der Waals surface area contributed by atoms with Crippen LogP contribution in [0.15, 0.2) is 11.6 Å². The molecule has 0 aliphatic heterocycles. The molecule has 0 bridgehead atoms. The molecule has 0 amide bonds. The number of aromatic nitrogens is 3. The SMILES string of the molecule is O=S(=O)(/C=C/c1c(F)c(F)c(F)c(F)c1F)Nc1c[nH]nn1. The number of nitrogens with one attached hydrogen (secondary N) is 2. The van der Waals surface area contributed by atoms with Crippen molar-refractivity contribution in [1.82, 2.24) is 15.4 Å². The van der Waals surface area contributed by atoms with E-state index < -0.39 is 44.7 Å². The molecule has 2 aromatic rings. The van der Waals surface area contributed by atoms with Crippen molar-refractivity contribution in [3.63, 3.8) is 0 Å². The van der Waals surface area contributed by atoms with Crippen LogP contribution in [0.4, 0.5) is 27.8 Å². The molecule has 0 aliphatic carbocycles. The molecule has 0 spiro atoms. The number of halogens is 5. The summed E-state index contributed by atoms with van der Waals surface area (Å²) < 4.78 is 90.3. The summed E-state index contributed by atoms with van der Waals surface area (Å²) in [5.74, 6) is -11.2. The van der Waals surface area contributed by atoms with Gasteiger partial charge < -0.3 is 0 Å². The van der Waals surface area contributed by atoms with E-state index in [1.807, 2.05) is 4.72 Å². The summed E-state index contributed by atoms with van der Waals surface area (Å²) in [7, 11) is -4.30. The topological polar surface area (TPSA) is 87.7 Å². The van der Waals surface area contributed by atoms with Crippen LogP contribution in [0.1, 0.15) is 5.56 Å². The van der Waals surface area contributed by atoms with Gasteiger partial charge in [-0.1, -0.05) is 5.21 Å². The Kier molecular flexibility index (Phi) is 4.12. The summed E-state index contributed by atoms with van der Waals surface area (Å²) in [6.45, 7) is 0. The highest BCUT2D eigenvalue weighted by Crippen LogP contribution is 2.24. The van der Waals surface area contributed by atoms with Gasteiger partial charge in [0, 0.05) is 0 Å². The number of H-pyrrole nitrogens is 1. The zero-order chi connectivity index (χ0) is 16.5. The van der Waals surface area contributed by atoms with Gasteiger partial charge in [-0.05, 0) is 6.08 Å². The molecule has 0 aliphatic rings. The molecule has 0 saturated carbocycles. The monoisotopic (exact) mass is 340 g/mol. The van der Waals surface area contributed by atoms with E-state index in [4.69, 9.17) is 0 Å². The van der Waals surface area contributed by atoms with Crippen molar-refractivity contribution in [3.05, 3.63) is 46.3 Å². The lowest BCUT2D eigenvalue weighted by atomic mass is 10.1. The van der Waals surface area contributed by atoms with E-state index in [2.05, 4.69) is 15.4 Å². The van der Waals surface area contributed by atoms with Gasteiger partial charge in [0.2, 0.25) is 5.82 Å². The lowest BCUT2D eigenvalue weighted by Gasteiger charge is -2.04. The Labute approximate surface area is 119 Å². The van der Waals surface area contributed by atoms with Gasteiger partial charge in [0.15, 0.2) is 29.1 Å². The van der Waals surface area contributed by atoms with Crippen LogP contribution in [0.2, 0.25) is 0 Å². The number of nitrogens with zero attached hydrogens (tertiary/aromatic N) is 2. The van der Waals surface area contributed by atoms with Crippen molar-refractivity contribution in [1.29, 1.82) is 0 Å². The van der Waals surface area contributed by atoms with Gasteiger partial charge in [-0.25, -0.2) is 30.4 Å². The summed E-state index contributed by atoms with van der Waals surface area (Å²) >= 11 is 0. The zero-order valence-electron chi connectivity index (χ0n) is 10.2. The van der Waals surface area contributed by atoms with Crippen LogP contribution in [-0.4, -0.2) is 23.8 Å². The average molecular weight is 340 g/mol. The molecule has 1 aromatic heterocycles. The molecule has 1 aromatic carbocycles. The van der Waals surface area contributed by atoms with Crippen LogP contribution in [0.5, 0.6) is 0 Å². The Morgan fingerprint density at radius 3 is 2.05 bits per heavy atom. The number of rotatable bonds is 4. The number of sulfonamides is 1. The Bertz CT molecular complexity index is 806. The first kappa shape index (κ1) is 15.9. The Hall–Kier alpha value is -2.50. The summed E-state index contributed by atoms with van der Waals surface area (Å²) in [6.07, 6.45) is 1.29. The first-order valence-corrected chi connectivity index (χ1v) is 6.86. The normalized spacial score (nSPS) is 12.0. The van der Waals surface area contributed by atoms with E-state index in [1.165, 1.54) is 0 Å². The van der Waals surface area contributed by atoms with E-state index in [1.54, 1.807) is 0 Å². The van der Waals surface area contributed by atoms with E-state index in [0.717, 1.165) is 6.20 Å². The number of hydrogen-bond acceptors (Lipinski definition) is 4. The first-order valence-electron chi connectivity index (χ1n) is 5.31. The van der Waals surface area contributed by atoms with Gasteiger partial charge in [-0.2, -0.15) is 0 Å². The quantitative estimate of drug-likeness (QED) is 0.506. The van der Waals surface area contributed by atoms with Crippen LogP contribution < -0.4 is 4.72 Å². The highest BCUT2D eigenvalue weighted by molar-refractivity contribution is 7.95. The lowest BCUT2D eigenvalue weighted by Crippen LogP contribution is -2.10. The maximum Gasteiger partial charge on any atom is 0.256 e. The molecule has 0 saturated heterocycles. The summed E-state index contributed by atoms with van der Waals surface area (Å²) in [6, 6.07) is 0. The Morgan fingerprint density at radius 1 is 1.00 bits per heavy atom. The predicted octanol–water partition coefficient (Wildman–Crippen LogP) is 1.91. The third-order valence-electron chi connectivity index (χ3n) is 2.32. The molecule has 2 N–H and O–H groups in total. The molecule has 2 rings (SSSR count).